The number of rotatable bonds is 6. The summed E-state index contributed by atoms with van der Waals surface area (Å²) in [4.78, 5) is 12.5. The second kappa shape index (κ2) is 9.49. The highest BCUT2D eigenvalue weighted by molar-refractivity contribution is 9.10. The zero-order chi connectivity index (χ0) is 21.8. The molecule has 0 aliphatic heterocycles. The third-order valence-corrected chi connectivity index (χ3v) is 6.06. The van der Waals surface area contributed by atoms with Gasteiger partial charge in [-0.05, 0) is 50.2 Å². The summed E-state index contributed by atoms with van der Waals surface area (Å²) < 4.78 is 2.92. The summed E-state index contributed by atoms with van der Waals surface area (Å²) in [5.74, 6) is 0.880. The number of carbonyl (C=O) groups is 1. The average molecular weight is 493 g/mol. The number of aromatic nitrogens is 3. The van der Waals surface area contributed by atoms with Crippen LogP contribution in [0.4, 0.5) is 5.69 Å². The van der Waals surface area contributed by atoms with Crippen molar-refractivity contribution in [2.24, 2.45) is 0 Å². The highest BCUT2D eigenvalue weighted by atomic mass is 79.9. The second-order valence-corrected chi connectivity index (χ2v) is 9.05. The van der Waals surface area contributed by atoms with E-state index in [4.69, 9.17) is 0 Å². The lowest BCUT2D eigenvalue weighted by molar-refractivity contribution is -0.113. The van der Waals surface area contributed by atoms with E-state index in [-0.39, 0.29) is 11.7 Å². The molecule has 0 atom stereocenters. The Balaban J connectivity index is 1.61. The summed E-state index contributed by atoms with van der Waals surface area (Å²) in [7, 11) is 0. The van der Waals surface area contributed by atoms with Crippen molar-refractivity contribution in [3.63, 3.8) is 0 Å². The number of carbonyl (C=O) groups excluding carboxylic acids is 1. The van der Waals surface area contributed by atoms with Crippen molar-refractivity contribution in [3.8, 4) is 17.1 Å². The Bertz CT molecular complexity index is 1220. The number of anilines is 1. The van der Waals surface area contributed by atoms with Gasteiger partial charge in [-0.3, -0.25) is 9.36 Å². The van der Waals surface area contributed by atoms with Gasteiger partial charge in [0.15, 0.2) is 11.0 Å². The number of nitrogens with zero attached hydrogens (tertiary/aromatic N) is 3. The van der Waals surface area contributed by atoms with E-state index >= 15 is 0 Å². The van der Waals surface area contributed by atoms with Crippen LogP contribution in [0.1, 0.15) is 11.1 Å². The zero-order valence-electron chi connectivity index (χ0n) is 17.2. The van der Waals surface area contributed by atoms with Gasteiger partial charge in [-0.2, -0.15) is 0 Å². The van der Waals surface area contributed by atoms with Crippen molar-refractivity contribution in [1.82, 2.24) is 14.8 Å². The van der Waals surface area contributed by atoms with Crippen LogP contribution in [0.25, 0.3) is 17.1 Å². The zero-order valence-corrected chi connectivity index (χ0v) is 19.6. The topological polar surface area (TPSA) is 59.8 Å². The van der Waals surface area contributed by atoms with Gasteiger partial charge < -0.3 is 5.32 Å². The lowest BCUT2D eigenvalue weighted by Crippen LogP contribution is -2.14. The second-order valence-electron chi connectivity index (χ2n) is 7.19. The number of halogens is 1. The van der Waals surface area contributed by atoms with E-state index in [0.29, 0.717) is 5.16 Å². The molecule has 0 saturated heterocycles. The van der Waals surface area contributed by atoms with E-state index in [9.17, 15) is 4.79 Å². The maximum Gasteiger partial charge on any atom is 0.234 e. The van der Waals surface area contributed by atoms with Gasteiger partial charge >= 0.3 is 0 Å². The van der Waals surface area contributed by atoms with Gasteiger partial charge in [0, 0.05) is 21.4 Å². The number of aryl methyl sites for hydroxylation is 2. The molecular weight excluding hydrogens is 472 g/mol. The quantitative estimate of drug-likeness (QED) is 0.333. The number of nitrogens with one attached hydrogen (secondary N) is 1. The molecule has 0 saturated carbocycles. The number of hydrogen-bond acceptors (Lipinski definition) is 4. The third kappa shape index (κ3) is 5.24. The van der Waals surface area contributed by atoms with Gasteiger partial charge in [-0.25, -0.2) is 0 Å². The first-order valence-electron chi connectivity index (χ1n) is 9.77. The first kappa shape index (κ1) is 21.3. The number of benzene rings is 3. The number of thioether (sulfide) groups is 1. The minimum absolute atomic E-state index is 0.0985. The molecule has 0 radical (unpaired) electrons. The molecule has 4 rings (SSSR count). The molecule has 0 spiro atoms. The van der Waals surface area contributed by atoms with Crippen LogP contribution in [0, 0.1) is 13.8 Å². The van der Waals surface area contributed by atoms with E-state index in [1.165, 1.54) is 17.3 Å². The summed E-state index contributed by atoms with van der Waals surface area (Å²) >= 11 is 4.78. The summed E-state index contributed by atoms with van der Waals surface area (Å²) in [5.41, 5.74) is 5.02. The summed E-state index contributed by atoms with van der Waals surface area (Å²) in [6.07, 6.45) is 0. The summed E-state index contributed by atoms with van der Waals surface area (Å²) in [5, 5.41) is 12.4. The van der Waals surface area contributed by atoms with Gasteiger partial charge in [-0.15, -0.1) is 10.2 Å². The Labute approximate surface area is 194 Å². The Kier molecular flexibility index (Phi) is 6.53. The van der Waals surface area contributed by atoms with Crippen LogP contribution in [0.5, 0.6) is 0 Å². The maximum absolute atomic E-state index is 12.5. The van der Waals surface area contributed by atoms with Gasteiger partial charge in [0.1, 0.15) is 0 Å². The lowest BCUT2D eigenvalue weighted by Gasteiger charge is -2.11. The fourth-order valence-corrected chi connectivity index (χ4v) is 4.31. The molecule has 3 aromatic carbocycles. The van der Waals surface area contributed by atoms with Crippen LogP contribution >= 0.6 is 27.7 Å². The Morgan fingerprint density at radius 3 is 2.48 bits per heavy atom. The molecule has 0 unspecified atom stereocenters. The molecule has 0 fully saturated rings. The molecule has 31 heavy (non-hydrogen) atoms. The molecule has 0 aliphatic rings. The first-order valence-corrected chi connectivity index (χ1v) is 11.6. The van der Waals surface area contributed by atoms with E-state index in [1.54, 1.807) is 0 Å². The number of amides is 1. The van der Waals surface area contributed by atoms with Crippen LogP contribution in [0.15, 0.2) is 82.4 Å². The maximum atomic E-state index is 12.5. The van der Waals surface area contributed by atoms with E-state index in [2.05, 4.69) is 69.6 Å². The fourth-order valence-electron chi connectivity index (χ4n) is 3.15. The molecule has 1 N–H and O–H groups in total. The molecule has 0 aliphatic carbocycles. The predicted octanol–water partition coefficient (Wildman–Crippen LogP) is 6.04. The highest BCUT2D eigenvalue weighted by Crippen LogP contribution is 2.29. The minimum atomic E-state index is -0.0985. The van der Waals surface area contributed by atoms with Crippen molar-refractivity contribution < 1.29 is 4.79 Å². The Morgan fingerprint density at radius 2 is 1.74 bits per heavy atom. The highest BCUT2D eigenvalue weighted by Gasteiger charge is 2.17. The van der Waals surface area contributed by atoms with Crippen LogP contribution in [0.2, 0.25) is 0 Å². The molecule has 1 aromatic heterocycles. The minimum Gasteiger partial charge on any atom is -0.325 e. The van der Waals surface area contributed by atoms with Crippen molar-refractivity contribution >= 4 is 39.3 Å². The molecule has 4 aromatic rings. The van der Waals surface area contributed by atoms with E-state index < -0.39 is 0 Å². The molecule has 7 heteroatoms. The lowest BCUT2D eigenvalue weighted by atomic mass is 10.1. The molecule has 1 heterocycles. The van der Waals surface area contributed by atoms with Crippen molar-refractivity contribution in [2.45, 2.75) is 19.0 Å². The smallest absolute Gasteiger partial charge is 0.234 e. The van der Waals surface area contributed by atoms with Crippen LogP contribution in [0.3, 0.4) is 0 Å². The van der Waals surface area contributed by atoms with Crippen LogP contribution in [-0.4, -0.2) is 26.4 Å². The van der Waals surface area contributed by atoms with Gasteiger partial charge in [0.05, 0.1) is 5.75 Å². The summed E-state index contributed by atoms with van der Waals surface area (Å²) in [6.45, 7) is 4.11. The van der Waals surface area contributed by atoms with Crippen molar-refractivity contribution in [1.29, 1.82) is 0 Å². The Morgan fingerprint density at radius 1 is 0.968 bits per heavy atom. The normalized spacial score (nSPS) is 10.8. The Hall–Kier alpha value is -2.90. The standard InChI is InChI=1S/C24H21BrN4OS/c1-16-9-11-21(12-10-16)29-23(18-6-3-5-17(2)13-18)27-28-24(29)31-15-22(30)26-20-8-4-7-19(25)14-20/h3-14H,15H2,1-2H3,(H,26,30). The third-order valence-electron chi connectivity index (χ3n) is 4.64. The van der Waals surface area contributed by atoms with Gasteiger partial charge in [-0.1, -0.05) is 75.2 Å². The van der Waals surface area contributed by atoms with Crippen molar-refractivity contribution in [2.75, 3.05) is 11.1 Å². The molecule has 1 amide bonds. The van der Waals surface area contributed by atoms with Gasteiger partial charge in [0.2, 0.25) is 5.91 Å². The molecule has 0 bridgehead atoms. The monoisotopic (exact) mass is 492 g/mol. The first-order chi connectivity index (χ1) is 15.0. The fraction of sp³-hybridized carbons (Fsp3) is 0.125. The average Bonchev–Trinajstić information content (AvgIpc) is 3.17. The predicted molar refractivity (Wildman–Crippen MR) is 130 cm³/mol. The van der Waals surface area contributed by atoms with Gasteiger partial charge in [0.25, 0.3) is 0 Å². The molecular formula is C24H21BrN4OS. The van der Waals surface area contributed by atoms with E-state index in [0.717, 1.165) is 32.8 Å². The number of hydrogen-bond donors (Lipinski definition) is 1. The molecule has 156 valence electrons. The van der Waals surface area contributed by atoms with Crippen LogP contribution in [-0.2, 0) is 4.79 Å². The van der Waals surface area contributed by atoms with Crippen LogP contribution < -0.4 is 5.32 Å². The summed E-state index contributed by atoms with van der Waals surface area (Å²) in [6, 6.07) is 23.9. The van der Waals surface area contributed by atoms with E-state index in [1.807, 2.05) is 53.1 Å². The largest absolute Gasteiger partial charge is 0.325 e. The molecule has 5 nitrogen and oxygen atoms in total. The SMILES string of the molecule is Cc1ccc(-n2c(SCC(=O)Nc3cccc(Br)c3)nnc2-c2cccc(C)c2)cc1. The van der Waals surface area contributed by atoms with Crippen molar-refractivity contribution in [3.05, 3.63) is 88.4 Å².